The van der Waals surface area contributed by atoms with E-state index in [1.54, 1.807) is 17.9 Å². The maximum Gasteiger partial charge on any atom is 0.416 e. The first-order chi connectivity index (χ1) is 10.4. The molecule has 0 radical (unpaired) electrons. The van der Waals surface area contributed by atoms with E-state index in [0.29, 0.717) is 17.5 Å². The lowest BCUT2D eigenvalue weighted by Gasteiger charge is -2.35. The Kier molecular flexibility index (Phi) is 4.39. The van der Waals surface area contributed by atoms with Crippen molar-refractivity contribution in [1.82, 2.24) is 4.90 Å². The van der Waals surface area contributed by atoms with Crippen molar-refractivity contribution in [2.75, 3.05) is 0 Å². The largest absolute Gasteiger partial charge is 0.439 e. The molecule has 1 fully saturated rings. The summed E-state index contributed by atoms with van der Waals surface area (Å²) in [4.78, 5) is 13.8. The van der Waals surface area contributed by atoms with Crippen LogP contribution < -0.4 is 0 Å². The van der Waals surface area contributed by atoms with Crippen LogP contribution in [0, 0.1) is 6.92 Å². The molecule has 1 saturated heterocycles. The van der Waals surface area contributed by atoms with Gasteiger partial charge in [-0.25, -0.2) is 4.79 Å². The van der Waals surface area contributed by atoms with E-state index in [9.17, 15) is 18.0 Å². The van der Waals surface area contributed by atoms with Crippen LogP contribution >= 0.6 is 0 Å². The second kappa shape index (κ2) is 5.73. The number of ether oxygens (including phenoxy) is 1. The summed E-state index contributed by atoms with van der Waals surface area (Å²) < 4.78 is 44.5. The summed E-state index contributed by atoms with van der Waals surface area (Å²) in [6.07, 6.45) is -4.99. The lowest BCUT2D eigenvalue weighted by atomic mass is 9.94. The zero-order valence-electron chi connectivity index (χ0n) is 14.0. The van der Waals surface area contributed by atoms with Crippen LogP contribution in [0.1, 0.15) is 56.9 Å². The predicted octanol–water partition coefficient (Wildman–Crippen LogP) is 5.08. The first-order valence-electron chi connectivity index (χ1n) is 7.64. The summed E-state index contributed by atoms with van der Waals surface area (Å²) in [5, 5.41) is 0. The highest BCUT2D eigenvalue weighted by Crippen LogP contribution is 2.40. The Labute approximate surface area is 134 Å². The van der Waals surface area contributed by atoms with E-state index in [1.807, 2.05) is 27.7 Å². The standard InChI is InChI=1S/C17H22F3NO2/c1-6-13-14(23-15(22)21(13)16(3,4)5)11-7-10(2)8-12(9-11)17(18,19)20/h7-9,13-14H,6H2,1-5H3/t13-,14+/m0/s1. The van der Waals surface area contributed by atoms with Gasteiger partial charge in [-0.05, 0) is 51.8 Å². The average molecular weight is 329 g/mol. The van der Waals surface area contributed by atoms with Gasteiger partial charge in [0.25, 0.3) is 0 Å². The fourth-order valence-corrected chi connectivity index (χ4v) is 3.11. The Morgan fingerprint density at radius 2 is 1.78 bits per heavy atom. The molecule has 1 amide bonds. The van der Waals surface area contributed by atoms with Crippen molar-refractivity contribution in [3.8, 4) is 0 Å². The second-order valence-electron chi connectivity index (χ2n) is 6.95. The van der Waals surface area contributed by atoms with Gasteiger partial charge in [0, 0.05) is 5.54 Å². The van der Waals surface area contributed by atoms with Gasteiger partial charge in [-0.2, -0.15) is 13.2 Å². The second-order valence-corrected chi connectivity index (χ2v) is 6.95. The number of hydrogen-bond acceptors (Lipinski definition) is 2. The zero-order chi connectivity index (χ0) is 17.6. The molecule has 1 aromatic carbocycles. The minimum atomic E-state index is -4.42. The van der Waals surface area contributed by atoms with Crippen molar-refractivity contribution < 1.29 is 22.7 Å². The molecule has 1 aliphatic heterocycles. The van der Waals surface area contributed by atoms with Crippen molar-refractivity contribution in [2.24, 2.45) is 0 Å². The van der Waals surface area contributed by atoms with Gasteiger partial charge in [0.1, 0.15) is 6.10 Å². The molecule has 1 aromatic rings. The molecule has 128 valence electrons. The monoisotopic (exact) mass is 329 g/mol. The van der Waals surface area contributed by atoms with Gasteiger partial charge in [-0.15, -0.1) is 0 Å². The summed E-state index contributed by atoms with van der Waals surface area (Å²) in [6.45, 7) is 9.17. The molecule has 1 heterocycles. The highest BCUT2D eigenvalue weighted by atomic mass is 19.4. The lowest BCUT2D eigenvalue weighted by Crippen LogP contribution is -2.47. The predicted molar refractivity (Wildman–Crippen MR) is 81.1 cm³/mol. The van der Waals surface area contributed by atoms with Crippen molar-refractivity contribution in [3.63, 3.8) is 0 Å². The van der Waals surface area contributed by atoms with E-state index in [4.69, 9.17) is 4.74 Å². The number of hydrogen-bond donors (Lipinski definition) is 0. The Balaban J connectivity index is 2.46. The molecule has 1 aliphatic rings. The third-order valence-corrected chi connectivity index (χ3v) is 4.00. The Morgan fingerprint density at radius 3 is 2.26 bits per heavy atom. The number of carbonyl (C=O) groups is 1. The van der Waals surface area contributed by atoms with Crippen molar-refractivity contribution in [3.05, 3.63) is 34.9 Å². The number of amides is 1. The SMILES string of the molecule is CC[C@H]1[C@@H](c2cc(C)cc(C(F)(F)F)c2)OC(=O)N1C(C)(C)C. The summed E-state index contributed by atoms with van der Waals surface area (Å²) >= 11 is 0. The van der Waals surface area contributed by atoms with E-state index in [-0.39, 0.29) is 6.04 Å². The quantitative estimate of drug-likeness (QED) is 0.757. The number of alkyl halides is 3. The van der Waals surface area contributed by atoms with E-state index in [2.05, 4.69) is 0 Å². The molecule has 0 saturated carbocycles. The van der Waals surface area contributed by atoms with Gasteiger partial charge in [0.05, 0.1) is 11.6 Å². The number of benzene rings is 1. The fourth-order valence-electron chi connectivity index (χ4n) is 3.11. The third kappa shape index (κ3) is 3.46. The van der Waals surface area contributed by atoms with Gasteiger partial charge in [-0.1, -0.05) is 18.6 Å². The van der Waals surface area contributed by atoms with Crippen LogP contribution in [0.25, 0.3) is 0 Å². The topological polar surface area (TPSA) is 29.5 Å². The van der Waals surface area contributed by atoms with E-state index in [0.717, 1.165) is 12.1 Å². The van der Waals surface area contributed by atoms with Crippen molar-refractivity contribution in [1.29, 1.82) is 0 Å². The van der Waals surface area contributed by atoms with Crippen LogP contribution in [0.4, 0.5) is 18.0 Å². The summed E-state index contributed by atoms with van der Waals surface area (Å²) in [5.41, 5.74) is -0.282. The number of aryl methyl sites for hydroxylation is 1. The van der Waals surface area contributed by atoms with Crippen LogP contribution in [0.5, 0.6) is 0 Å². The van der Waals surface area contributed by atoms with Gasteiger partial charge in [0.15, 0.2) is 0 Å². The smallest absolute Gasteiger partial charge is 0.416 e. The van der Waals surface area contributed by atoms with Gasteiger partial charge in [-0.3, -0.25) is 4.90 Å². The highest BCUT2D eigenvalue weighted by Gasteiger charge is 2.46. The normalized spacial score (nSPS) is 22.4. The maximum absolute atomic E-state index is 13.0. The first kappa shape index (κ1) is 17.6. The number of cyclic esters (lactones) is 1. The summed E-state index contributed by atoms with van der Waals surface area (Å²) in [5.74, 6) is 0. The molecular weight excluding hydrogens is 307 g/mol. The molecule has 6 heteroatoms. The van der Waals surface area contributed by atoms with Crippen molar-refractivity contribution in [2.45, 2.75) is 64.9 Å². The van der Waals surface area contributed by atoms with Crippen molar-refractivity contribution >= 4 is 6.09 Å². The zero-order valence-corrected chi connectivity index (χ0v) is 14.0. The van der Waals surface area contributed by atoms with Gasteiger partial charge in [0.2, 0.25) is 0 Å². The third-order valence-electron chi connectivity index (χ3n) is 4.00. The molecular formula is C17H22F3NO2. The molecule has 3 nitrogen and oxygen atoms in total. The molecule has 0 aliphatic carbocycles. The van der Waals surface area contributed by atoms with Crippen LogP contribution in [0.3, 0.4) is 0 Å². The molecule has 0 aromatic heterocycles. The first-order valence-corrected chi connectivity index (χ1v) is 7.64. The van der Waals surface area contributed by atoms with E-state index in [1.165, 1.54) is 0 Å². The fraction of sp³-hybridized carbons (Fsp3) is 0.588. The number of carbonyl (C=O) groups excluding carboxylic acids is 1. The molecule has 0 bridgehead atoms. The number of halogens is 3. The highest BCUT2D eigenvalue weighted by molar-refractivity contribution is 5.72. The Hall–Kier alpha value is -1.72. The van der Waals surface area contributed by atoms with Crippen LogP contribution in [0.2, 0.25) is 0 Å². The minimum absolute atomic E-state index is 0.287. The summed E-state index contributed by atoms with van der Waals surface area (Å²) in [7, 11) is 0. The summed E-state index contributed by atoms with van der Waals surface area (Å²) in [6, 6.07) is 3.55. The molecule has 0 spiro atoms. The van der Waals surface area contributed by atoms with E-state index >= 15 is 0 Å². The number of nitrogens with zero attached hydrogens (tertiary/aromatic N) is 1. The lowest BCUT2D eigenvalue weighted by molar-refractivity contribution is -0.137. The van der Waals surface area contributed by atoms with Crippen LogP contribution in [-0.4, -0.2) is 22.6 Å². The molecule has 23 heavy (non-hydrogen) atoms. The molecule has 2 rings (SSSR count). The van der Waals surface area contributed by atoms with Crippen LogP contribution in [0.15, 0.2) is 18.2 Å². The molecule has 0 unspecified atom stereocenters. The van der Waals surface area contributed by atoms with Crippen LogP contribution in [-0.2, 0) is 10.9 Å². The van der Waals surface area contributed by atoms with Gasteiger partial charge < -0.3 is 4.74 Å². The molecule has 2 atom stereocenters. The maximum atomic E-state index is 13.0. The Morgan fingerprint density at radius 1 is 1.17 bits per heavy atom. The Bertz CT molecular complexity index is 605. The van der Waals surface area contributed by atoms with E-state index < -0.39 is 29.5 Å². The number of rotatable bonds is 2. The molecule has 0 N–H and O–H groups in total. The average Bonchev–Trinajstić information content (AvgIpc) is 2.73. The minimum Gasteiger partial charge on any atom is -0.439 e. The van der Waals surface area contributed by atoms with Gasteiger partial charge >= 0.3 is 12.3 Å².